The van der Waals surface area contributed by atoms with E-state index < -0.39 is 32.6 Å². The highest BCUT2D eigenvalue weighted by Crippen LogP contribution is 2.67. The van der Waals surface area contributed by atoms with Gasteiger partial charge in [-0.3, -0.25) is 9.36 Å². The molecule has 3 rings (SSSR count). The van der Waals surface area contributed by atoms with Gasteiger partial charge in [0.2, 0.25) is 22.0 Å². The Bertz CT molecular complexity index is 1320. The maximum Gasteiger partial charge on any atom is 0.365 e. The van der Waals surface area contributed by atoms with Crippen LogP contribution < -0.4 is 19.5 Å². The molecule has 12 nitrogen and oxygen atoms in total. The summed E-state index contributed by atoms with van der Waals surface area (Å²) in [4.78, 5) is 55.2. The minimum absolute atomic E-state index is 0.0822. The van der Waals surface area contributed by atoms with Crippen molar-refractivity contribution in [2.45, 2.75) is 44.2 Å². The van der Waals surface area contributed by atoms with E-state index in [0.29, 0.717) is 17.7 Å². The van der Waals surface area contributed by atoms with Crippen molar-refractivity contribution >= 4 is 43.2 Å². The Labute approximate surface area is 207 Å². The van der Waals surface area contributed by atoms with Crippen LogP contribution in [0.2, 0.25) is 0 Å². The summed E-state index contributed by atoms with van der Waals surface area (Å²) in [6.45, 7) is 2.88. The van der Waals surface area contributed by atoms with Gasteiger partial charge in [-0.05, 0) is 38.3 Å². The molecule has 14 heteroatoms. The van der Waals surface area contributed by atoms with Crippen LogP contribution in [0.15, 0.2) is 42.5 Å². The third-order valence-corrected chi connectivity index (χ3v) is 9.55. The first-order valence-corrected chi connectivity index (χ1v) is 14.5. The van der Waals surface area contributed by atoms with Crippen LogP contribution in [0.25, 0.3) is 22.1 Å². The summed E-state index contributed by atoms with van der Waals surface area (Å²) in [7, 11) is -11.3. The van der Waals surface area contributed by atoms with Gasteiger partial charge in [-0.2, -0.15) is 4.57 Å². The minimum atomic E-state index is -5.75. The molecule has 2 atom stereocenters. The van der Waals surface area contributed by atoms with E-state index in [4.69, 9.17) is 24.4 Å². The Balaban J connectivity index is 1.52. The number of hydrogen-bond donors (Lipinski definition) is 5. The van der Waals surface area contributed by atoms with Crippen molar-refractivity contribution in [1.29, 1.82) is 0 Å². The molecule has 0 fully saturated rings. The van der Waals surface area contributed by atoms with Crippen LogP contribution in [-0.2, 0) is 20.5 Å². The second-order valence-electron chi connectivity index (χ2n) is 8.21. The largest absolute Gasteiger partial charge is 0.776 e. The number of nitrogens with one attached hydrogen (secondary N) is 1. The van der Waals surface area contributed by atoms with E-state index in [1.165, 1.54) is 0 Å². The molecular formula is C22H29N3O9P2. The second-order valence-corrected chi connectivity index (χ2v) is 12.2. The lowest BCUT2D eigenvalue weighted by molar-refractivity contribution is -0.641. The standard InChI is InChI=1S/C22H29N3O9P2/c1-2-25-17-9-4-3-8-16(17)24-21-18(25)10-5-11-19(21)34-15-6-12-20(26)23-14-7-13-22(27,35(28,29)30)36(31,32)33/h3-5,8-11,27H,2,6-7,12-15H2,1H3,(H4-,23,26,28,29,30,31,32,33). The van der Waals surface area contributed by atoms with Gasteiger partial charge in [0.15, 0.2) is 18.9 Å². The number of aryl methyl sites for hydroxylation is 1. The Morgan fingerprint density at radius 1 is 1.11 bits per heavy atom. The van der Waals surface area contributed by atoms with Gasteiger partial charge in [0, 0.05) is 25.1 Å². The summed E-state index contributed by atoms with van der Waals surface area (Å²) < 4.78 is 30.6. The highest BCUT2D eigenvalue weighted by Gasteiger charge is 2.52. The molecule has 0 saturated heterocycles. The Hall–Kier alpha value is -2.43. The summed E-state index contributed by atoms with van der Waals surface area (Å²) in [5.74, 6) is 0.196. The quantitative estimate of drug-likeness (QED) is 0.0960. The average molecular weight is 541 g/mol. The molecule has 0 bridgehead atoms. The fourth-order valence-electron chi connectivity index (χ4n) is 3.84. The lowest BCUT2D eigenvalue weighted by Crippen LogP contribution is -2.35. The molecule has 0 aliphatic carbocycles. The van der Waals surface area contributed by atoms with Gasteiger partial charge in [0.1, 0.15) is 12.1 Å². The number of aromatic nitrogens is 2. The molecule has 196 valence electrons. The topological polar surface area (TPSA) is 193 Å². The van der Waals surface area contributed by atoms with Crippen molar-refractivity contribution in [2.24, 2.45) is 0 Å². The zero-order valence-corrected chi connectivity index (χ0v) is 21.4. The van der Waals surface area contributed by atoms with Crippen molar-refractivity contribution in [3.63, 3.8) is 0 Å². The summed E-state index contributed by atoms with van der Waals surface area (Å²) in [5, 5.41) is 8.66. The molecule has 36 heavy (non-hydrogen) atoms. The molecule has 2 unspecified atom stereocenters. The van der Waals surface area contributed by atoms with Crippen molar-refractivity contribution in [2.75, 3.05) is 13.2 Å². The van der Waals surface area contributed by atoms with Crippen LogP contribution in [0.4, 0.5) is 0 Å². The maximum absolute atomic E-state index is 12.1. The van der Waals surface area contributed by atoms with Crippen molar-refractivity contribution < 1.29 is 47.9 Å². The van der Waals surface area contributed by atoms with E-state index in [-0.39, 0.29) is 26.0 Å². The SMILES string of the molecule is CC[n+]1c2ccccc2nc2c(OCCCC(=O)NCCCC(O)(P(=O)([O-])O)P(=O)(O)O)cccc21. The van der Waals surface area contributed by atoms with Crippen LogP contribution in [0.5, 0.6) is 5.75 Å². The van der Waals surface area contributed by atoms with Gasteiger partial charge in [-0.25, -0.2) is 4.98 Å². The smallest absolute Gasteiger partial charge is 0.365 e. The molecule has 1 amide bonds. The van der Waals surface area contributed by atoms with E-state index in [2.05, 4.69) is 9.88 Å². The number of benzene rings is 2. The third-order valence-electron chi connectivity index (χ3n) is 5.73. The van der Waals surface area contributed by atoms with E-state index in [9.17, 15) is 23.9 Å². The van der Waals surface area contributed by atoms with Crippen molar-refractivity contribution in [1.82, 2.24) is 10.3 Å². The number of rotatable bonds is 12. The molecule has 0 radical (unpaired) electrons. The predicted molar refractivity (Wildman–Crippen MR) is 129 cm³/mol. The van der Waals surface area contributed by atoms with Gasteiger partial charge in [0.25, 0.3) is 0 Å². The van der Waals surface area contributed by atoms with E-state index in [1.807, 2.05) is 49.4 Å². The molecule has 2 aromatic carbocycles. The zero-order chi connectivity index (χ0) is 26.6. The molecule has 0 aliphatic rings. The Morgan fingerprint density at radius 3 is 2.47 bits per heavy atom. The molecule has 3 aromatic rings. The number of amides is 1. The summed E-state index contributed by atoms with van der Waals surface area (Å²) in [6.07, 6.45) is -0.788. The minimum Gasteiger partial charge on any atom is -0.776 e. The average Bonchev–Trinajstić information content (AvgIpc) is 2.81. The first kappa shape index (κ1) is 28.1. The molecular weight excluding hydrogens is 512 g/mol. The fourth-order valence-corrected chi connectivity index (χ4v) is 6.05. The Kier molecular flexibility index (Phi) is 8.84. The number of hydrogen-bond acceptors (Lipinski definition) is 7. The maximum atomic E-state index is 12.1. The lowest BCUT2D eigenvalue weighted by atomic mass is 10.2. The summed E-state index contributed by atoms with van der Waals surface area (Å²) >= 11 is 0. The predicted octanol–water partition coefficient (Wildman–Crippen LogP) is 1.12. The molecule has 1 aromatic heterocycles. The zero-order valence-electron chi connectivity index (χ0n) is 19.6. The number of nitrogens with zero attached hydrogens (tertiary/aromatic N) is 2. The van der Waals surface area contributed by atoms with Crippen LogP contribution in [-0.4, -0.2) is 48.9 Å². The summed E-state index contributed by atoms with van der Waals surface area (Å²) in [6, 6.07) is 13.5. The number of carbonyl (C=O) groups is 1. The van der Waals surface area contributed by atoms with E-state index in [0.717, 1.165) is 23.1 Å². The normalized spacial score (nSPS) is 15.4. The Morgan fingerprint density at radius 2 is 1.81 bits per heavy atom. The van der Waals surface area contributed by atoms with E-state index >= 15 is 0 Å². The van der Waals surface area contributed by atoms with Crippen LogP contribution >= 0.6 is 15.2 Å². The van der Waals surface area contributed by atoms with Crippen LogP contribution in [0.1, 0.15) is 32.6 Å². The van der Waals surface area contributed by atoms with Gasteiger partial charge in [0.05, 0.1) is 6.61 Å². The van der Waals surface area contributed by atoms with Crippen molar-refractivity contribution in [3.05, 3.63) is 42.5 Å². The number of fused-ring (bicyclic) bond motifs is 2. The number of carbonyl (C=O) groups excluding carboxylic acids is 1. The van der Waals surface area contributed by atoms with E-state index in [1.54, 1.807) is 0 Å². The van der Waals surface area contributed by atoms with Gasteiger partial charge < -0.3 is 39.3 Å². The van der Waals surface area contributed by atoms with Crippen molar-refractivity contribution in [3.8, 4) is 5.75 Å². The number of aliphatic hydroxyl groups is 1. The molecule has 0 spiro atoms. The first-order chi connectivity index (χ1) is 16.9. The molecule has 5 N–H and O–H groups in total. The number of para-hydroxylation sites is 3. The molecule has 0 aliphatic heterocycles. The third kappa shape index (κ3) is 6.10. The van der Waals surface area contributed by atoms with Crippen LogP contribution in [0, 0.1) is 0 Å². The monoisotopic (exact) mass is 541 g/mol. The second kappa shape index (κ2) is 11.3. The highest BCUT2D eigenvalue weighted by molar-refractivity contribution is 7.71. The van der Waals surface area contributed by atoms with Crippen LogP contribution in [0.3, 0.4) is 0 Å². The van der Waals surface area contributed by atoms with Gasteiger partial charge in [-0.15, -0.1) is 0 Å². The van der Waals surface area contributed by atoms with Gasteiger partial charge >= 0.3 is 7.60 Å². The first-order valence-electron chi connectivity index (χ1n) is 11.3. The van der Waals surface area contributed by atoms with Gasteiger partial charge in [-0.1, -0.05) is 18.2 Å². The fraction of sp³-hybridized carbons (Fsp3) is 0.409. The molecule has 1 heterocycles. The number of ether oxygens (including phenoxy) is 1. The lowest BCUT2D eigenvalue weighted by Gasteiger charge is -2.36. The molecule has 0 saturated carbocycles. The highest BCUT2D eigenvalue weighted by atomic mass is 31.2. The summed E-state index contributed by atoms with van der Waals surface area (Å²) in [5.41, 5.74) is 3.48.